The highest BCUT2D eigenvalue weighted by atomic mass is 127. The Balaban J connectivity index is 3.12. The van der Waals surface area contributed by atoms with Crippen LogP contribution < -0.4 is 0 Å². The molecule has 0 fully saturated rings. The monoisotopic (exact) mass is 303 g/mol. The van der Waals surface area contributed by atoms with Crippen LogP contribution in [0.15, 0.2) is 23.2 Å². The number of rotatable bonds is 2. The quantitative estimate of drug-likeness (QED) is 0.364. The van der Waals surface area contributed by atoms with Crippen molar-refractivity contribution in [1.29, 1.82) is 0 Å². The smallest absolute Gasteiger partial charge is 0.337 e. The van der Waals surface area contributed by atoms with Gasteiger partial charge in [-0.05, 0) is 40.8 Å². The molecule has 0 bridgehead atoms. The minimum atomic E-state index is -0.412. The second-order valence-corrected chi connectivity index (χ2v) is 3.52. The van der Waals surface area contributed by atoms with Gasteiger partial charge in [-0.1, -0.05) is 0 Å². The average Bonchev–Trinajstić information content (AvgIpc) is 2.20. The lowest BCUT2D eigenvalue weighted by atomic mass is 10.2. The van der Waals surface area contributed by atoms with Crippen LogP contribution >= 0.6 is 22.6 Å². The van der Waals surface area contributed by atoms with Gasteiger partial charge >= 0.3 is 5.97 Å². The highest BCUT2D eigenvalue weighted by Gasteiger charge is 2.07. The highest BCUT2D eigenvalue weighted by Crippen LogP contribution is 2.22. The fourth-order valence-corrected chi connectivity index (χ4v) is 1.53. The van der Waals surface area contributed by atoms with Crippen LogP contribution in [0.25, 0.3) is 0 Å². The molecule has 1 rings (SSSR count). The summed E-state index contributed by atoms with van der Waals surface area (Å²) in [6.45, 7) is 0. The molecule has 0 unspecified atom stereocenters. The zero-order valence-corrected chi connectivity index (χ0v) is 9.44. The Labute approximate surface area is 94.1 Å². The molecule has 0 atom stereocenters. The van der Waals surface area contributed by atoms with E-state index in [0.29, 0.717) is 14.8 Å². The fraction of sp³-hybridized carbons (Fsp3) is 0.111. The second-order valence-electron chi connectivity index (χ2n) is 2.36. The van der Waals surface area contributed by atoms with Gasteiger partial charge in [-0.3, -0.25) is 0 Å². The van der Waals surface area contributed by atoms with Crippen molar-refractivity contribution < 1.29 is 14.3 Å². The number of aliphatic imine (C=N–C) groups is 1. The predicted molar refractivity (Wildman–Crippen MR) is 58.3 cm³/mol. The molecule has 4 nitrogen and oxygen atoms in total. The van der Waals surface area contributed by atoms with Crippen LogP contribution in [0.5, 0.6) is 0 Å². The Morgan fingerprint density at radius 1 is 1.57 bits per heavy atom. The van der Waals surface area contributed by atoms with E-state index in [4.69, 9.17) is 0 Å². The number of methoxy groups -OCH3 is 1. The first kappa shape index (κ1) is 10.9. The minimum Gasteiger partial charge on any atom is -0.465 e. The first-order chi connectivity index (χ1) is 6.69. The van der Waals surface area contributed by atoms with E-state index in [1.165, 1.54) is 13.2 Å². The number of isocyanates is 1. The molecule has 0 heterocycles. The van der Waals surface area contributed by atoms with E-state index in [2.05, 4.69) is 9.73 Å². The maximum Gasteiger partial charge on any atom is 0.337 e. The largest absolute Gasteiger partial charge is 0.465 e. The molecule has 72 valence electrons. The Bertz CT molecular complexity index is 411. The normalized spacial score (nSPS) is 9.00. The first-order valence-corrected chi connectivity index (χ1v) is 4.72. The highest BCUT2D eigenvalue weighted by molar-refractivity contribution is 14.1. The van der Waals surface area contributed by atoms with Gasteiger partial charge in [0.1, 0.15) is 0 Å². The zero-order chi connectivity index (χ0) is 10.6. The molecule has 0 aliphatic carbocycles. The molecule has 0 spiro atoms. The van der Waals surface area contributed by atoms with Crippen LogP contribution in [0, 0.1) is 3.57 Å². The SMILES string of the molecule is COC(=O)c1ccc(N=C=O)c(I)c1. The third kappa shape index (κ3) is 2.40. The Kier molecular flexibility index (Phi) is 3.79. The second kappa shape index (κ2) is 4.88. The maximum absolute atomic E-state index is 11.1. The molecular formula is C9H6INO3. The van der Waals surface area contributed by atoms with Crippen molar-refractivity contribution in [1.82, 2.24) is 0 Å². The van der Waals surface area contributed by atoms with Crippen LogP contribution in [-0.2, 0) is 9.53 Å². The molecule has 0 saturated carbocycles. The summed E-state index contributed by atoms with van der Waals surface area (Å²) in [7, 11) is 1.31. The van der Waals surface area contributed by atoms with Crippen molar-refractivity contribution in [2.24, 2.45) is 4.99 Å². The lowest BCUT2D eigenvalue weighted by Gasteiger charge is -2.00. The third-order valence-electron chi connectivity index (χ3n) is 1.53. The van der Waals surface area contributed by atoms with E-state index in [0.717, 1.165) is 0 Å². The van der Waals surface area contributed by atoms with Gasteiger partial charge in [-0.15, -0.1) is 0 Å². The number of hydrogen-bond donors (Lipinski definition) is 0. The van der Waals surface area contributed by atoms with Crippen LogP contribution in [0.2, 0.25) is 0 Å². The number of carbonyl (C=O) groups is 1. The molecule has 0 N–H and O–H groups in total. The molecule has 5 heteroatoms. The lowest BCUT2D eigenvalue weighted by molar-refractivity contribution is 0.0600. The first-order valence-electron chi connectivity index (χ1n) is 3.64. The molecule has 1 aromatic rings. The van der Waals surface area contributed by atoms with Crippen LogP contribution in [-0.4, -0.2) is 19.2 Å². The average molecular weight is 303 g/mol. The summed E-state index contributed by atoms with van der Waals surface area (Å²) in [4.78, 5) is 24.6. The van der Waals surface area contributed by atoms with Crippen molar-refractivity contribution >= 4 is 40.3 Å². The maximum atomic E-state index is 11.1. The van der Waals surface area contributed by atoms with Gasteiger partial charge < -0.3 is 4.74 Å². The number of benzene rings is 1. The van der Waals surface area contributed by atoms with Crippen LogP contribution in [0.4, 0.5) is 5.69 Å². The summed E-state index contributed by atoms with van der Waals surface area (Å²) >= 11 is 1.98. The van der Waals surface area contributed by atoms with Gasteiger partial charge in [-0.25, -0.2) is 9.59 Å². The number of ether oxygens (including phenoxy) is 1. The zero-order valence-electron chi connectivity index (χ0n) is 7.28. The van der Waals surface area contributed by atoms with Crippen molar-refractivity contribution in [2.45, 2.75) is 0 Å². The third-order valence-corrected chi connectivity index (χ3v) is 2.40. The Hall–Kier alpha value is -1.20. The minimum absolute atomic E-state index is 0.412. The van der Waals surface area contributed by atoms with E-state index in [-0.39, 0.29) is 0 Å². The van der Waals surface area contributed by atoms with Crippen LogP contribution in [0.3, 0.4) is 0 Å². The summed E-state index contributed by atoms with van der Waals surface area (Å²) in [6, 6.07) is 4.71. The molecule has 14 heavy (non-hydrogen) atoms. The molecule has 0 saturated heterocycles. The molecule has 1 aromatic carbocycles. The van der Waals surface area contributed by atoms with Crippen molar-refractivity contribution in [3.05, 3.63) is 27.3 Å². The molecule has 0 aromatic heterocycles. The molecule has 0 radical (unpaired) electrons. The van der Waals surface area contributed by atoms with E-state index in [1.54, 1.807) is 18.2 Å². The number of carbonyl (C=O) groups excluding carboxylic acids is 2. The van der Waals surface area contributed by atoms with Crippen molar-refractivity contribution in [3.63, 3.8) is 0 Å². The molecule has 0 aliphatic heterocycles. The van der Waals surface area contributed by atoms with Gasteiger partial charge in [0.25, 0.3) is 0 Å². The van der Waals surface area contributed by atoms with E-state index >= 15 is 0 Å². The Morgan fingerprint density at radius 2 is 2.29 bits per heavy atom. The number of nitrogens with zero attached hydrogens (tertiary/aromatic N) is 1. The van der Waals surface area contributed by atoms with Gasteiger partial charge in [-0.2, -0.15) is 4.99 Å². The van der Waals surface area contributed by atoms with Crippen molar-refractivity contribution in [3.8, 4) is 0 Å². The van der Waals surface area contributed by atoms with Gasteiger partial charge in [0.15, 0.2) is 0 Å². The van der Waals surface area contributed by atoms with Crippen LogP contribution in [0.1, 0.15) is 10.4 Å². The fourth-order valence-electron chi connectivity index (χ4n) is 0.892. The number of esters is 1. The summed E-state index contributed by atoms with van der Waals surface area (Å²) in [5.41, 5.74) is 0.926. The predicted octanol–water partition coefficient (Wildman–Crippen LogP) is 2.05. The standard InChI is InChI=1S/C9H6INO3/c1-14-9(13)6-2-3-8(11-5-12)7(10)4-6/h2-4H,1H3. The number of halogens is 1. The topological polar surface area (TPSA) is 55.7 Å². The summed E-state index contributed by atoms with van der Waals surface area (Å²) in [5.74, 6) is -0.412. The summed E-state index contributed by atoms with van der Waals surface area (Å²) in [6.07, 6.45) is 1.44. The van der Waals surface area contributed by atoms with E-state index in [1.807, 2.05) is 22.6 Å². The molecule has 0 aliphatic rings. The van der Waals surface area contributed by atoms with E-state index < -0.39 is 5.97 Å². The van der Waals surface area contributed by atoms with Gasteiger partial charge in [0.05, 0.1) is 18.4 Å². The van der Waals surface area contributed by atoms with E-state index in [9.17, 15) is 9.59 Å². The summed E-state index contributed by atoms with van der Waals surface area (Å²) in [5, 5.41) is 0. The molecule has 0 amide bonds. The molecular weight excluding hydrogens is 297 g/mol. The lowest BCUT2D eigenvalue weighted by Crippen LogP contribution is -2.00. The van der Waals surface area contributed by atoms with Gasteiger partial charge in [0.2, 0.25) is 6.08 Å². The Morgan fingerprint density at radius 3 is 2.79 bits per heavy atom. The number of hydrogen-bond acceptors (Lipinski definition) is 4. The summed E-state index contributed by atoms with van der Waals surface area (Å²) < 4.78 is 5.24. The van der Waals surface area contributed by atoms with Crippen molar-refractivity contribution in [2.75, 3.05) is 7.11 Å². The van der Waals surface area contributed by atoms with Gasteiger partial charge in [0, 0.05) is 3.57 Å².